The fraction of sp³-hybridized carbons (Fsp3) is 0.278. The van der Waals surface area contributed by atoms with Gasteiger partial charge in [-0.2, -0.15) is 0 Å². The first-order valence-corrected chi connectivity index (χ1v) is 7.86. The van der Waals surface area contributed by atoms with Crippen LogP contribution in [0.4, 0.5) is 13.2 Å². The van der Waals surface area contributed by atoms with Crippen molar-refractivity contribution in [3.63, 3.8) is 0 Å². The van der Waals surface area contributed by atoms with Crippen LogP contribution in [0.1, 0.15) is 5.56 Å². The van der Waals surface area contributed by atoms with E-state index in [0.29, 0.717) is 31.0 Å². The van der Waals surface area contributed by atoms with Crippen LogP contribution in [-0.4, -0.2) is 32.7 Å². The third-order valence-electron chi connectivity index (χ3n) is 3.41. The van der Waals surface area contributed by atoms with Gasteiger partial charge >= 0.3 is 0 Å². The number of hydrogen-bond acceptors (Lipinski definition) is 2. The average Bonchev–Trinajstić information content (AvgIpc) is 2.60. The third kappa shape index (κ3) is 6.02. The molecule has 0 amide bonds. The van der Waals surface area contributed by atoms with Crippen LogP contribution < -0.4 is 15.4 Å². The van der Waals surface area contributed by atoms with E-state index in [1.165, 1.54) is 12.1 Å². The number of hydrogen-bond donors (Lipinski definition) is 2. The van der Waals surface area contributed by atoms with Gasteiger partial charge in [-0.15, -0.1) is 0 Å². The van der Waals surface area contributed by atoms with E-state index in [2.05, 4.69) is 15.6 Å². The lowest BCUT2D eigenvalue weighted by atomic mass is 10.1. The molecule has 0 saturated heterocycles. The molecule has 7 heteroatoms. The van der Waals surface area contributed by atoms with Crippen LogP contribution in [-0.2, 0) is 6.42 Å². The van der Waals surface area contributed by atoms with Crippen LogP contribution in [0.15, 0.2) is 47.5 Å². The van der Waals surface area contributed by atoms with Gasteiger partial charge in [0.05, 0.1) is 6.54 Å². The van der Waals surface area contributed by atoms with Gasteiger partial charge in [0.1, 0.15) is 18.2 Å². The van der Waals surface area contributed by atoms with Crippen molar-refractivity contribution in [2.24, 2.45) is 4.99 Å². The molecule has 134 valence electrons. The molecule has 0 fully saturated rings. The van der Waals surface area contributed by atoms with Gasteiger partial charge in [-0.1, -0.05) is 18.2 Å². The first-order chi connectivity index (χ1) is 12.1. The summed E-state index contributed by atoms with van der Waals surface area (Å²) in [6.45, 7) is 1.06. The van der Waals surface area contributed by atoms with Gasteiger partial charge in [-0.25, -0.2) is 13.2 Å². The molecule has 0 spiro atoms. The van der Waals surface area contributed by atoms with E-state index in [1.807, 2.05) is 0 Å². The van der Waals surface area contributed by atoms with Gasteiger partial charge in [0.25, 0.3) is 0 Å². The smallest absolute Gasteiger partial charge is 0.191 e. The molecule has 2 rings (SSSR count). The van der Waals surface area contributed by atoms with Gasteiger partial charge in [-0.05, 0) is 30.2 Å². The molecule has 0 aliphatic rings. The Hall–Kier alpha value is -2.70. The first kappa shape index (κ1) is 18.6. The van der Waals surface area contributed by atoms with Crippen molar-refractivity contribution >= 4 is 5.96 Å². The molecular weight excluding hydrogens is 331 g/mol. The number of nitrogens with one attached hydrogen (secondary N) is 2. The van der Waals surface area contributed by atoms with E-state index in [1.54, 1.807) is 25.2 Å². The number of aliphatic imine (C=N–C) groups is 1. The van der Waals surface area contributed by atoms with E-state index in [4.69, 9.17) is 4.74 Å². The molecule has 0 saturated carbocycles. The van der Waals surface area contributed by atoms with Gasteiger partial charge in [0.15, 0.2) is 17.5 Å². The largest absolute Gasteiger partial charge is 0.489 e. The Morgan fingerprint density at radius 3 is 2.48 bits per heavy atom. The number of nitrogens with zero attached hydrogens (tertiary/aromatic N) is 1. The SMILES string of the molecule is CN=C(NCCOc1ccc(F)cc1F)NCCc1ccccc1F. The average molecular weight is 351 g/mol. The van der Waals surface area contributed by atoms with Crippen LogP contribution in [0.2, 0.25) is 0 Å². The van der Waals surface area contributed by atoms with Crippen LogP contribution in [0.5, 0.6) is 5.75 Å². The predicted molar refractivity (Wildman–Crippen MR) is 91.3 cm³/mol. The highest BCUT2D eigenvalue weighted by Gasteiger charge is 2.05. The lowest BCUT2D eigenvalue weighted by Gasteiger charge is -2.13. The predicted octanol–water partition coefficient (Wildman–Crippen LogP) is 2.89. The van der Waals surface area contributed by atoms with Crippen molar-refractivity contribution in [3.8, 4) is 5.75 Å². The molecule has 0 unspecified atom stereocenters. The first-order valence-electron chi connectivity index (χ1n) is 7.86. The second kappa shape index (κ2) is 9.56. The maximum Gasteiger partial charge on any atom is 0.191 e. The van der Waals surface area contributed by atoms with E-state index in [0.717, 1.165) is 12.1 Å². The Labute approximate surface area is 144 Å². The summed E-state index contributed by atoms with van der Waals surface area (Å²) in [5.74, 6) is -1.11. The fourth-order valence-electron chi connectivity index (χ4n) is 2.16. The molecule has 2 aromatic rings. The minimum absolute atomic E-state index is 0.00861. The summed E-state index contributed by atoms with van der Waals surface area (Å²) in [6, 6.07) is 9.74. The van der Waals surface area contributed by atoms with Gasteiger partial charge in [0.2, 0.25) is 0 Å². The minimum Gasteiger partial charge on any atom is -0.489 e. The molecule has 0 radical (unpaired) electrons. The van der Waals surface area contributed by atoms with Crippen molar-refractivity contribution in [2.45, 2.75) is 6.42 Å². The maximum atomic E-state index is 13.5. The third-order valence-corrected chi connectivity index (χ3v) is 3.41. The normalized spacial score (nSPS) is 11.3. The highest BCUT2D eigenvalue weighted by molar-refractivity contribution is 5.79. The van der Waals surface area contributed by atoms with E-state index in [9.17, 15) is 13.2 Å². The lowest BCUT2D eigenvalue weighted by Crippen LogP contribution is -2.40. The Morgan fingerprint density at radius 1 is 1.00 bits per heavy atom. The van der Waals surface area contributed by atoms with Crippen LogP contribution in [0.3, 0.4) is 0 Å². The van der Waals surface area contributed by atoms with Crippen LogP contribution in [0.25, 0.3) is 0 Å². The van der Waals surface area contributed by atoms with Crippen molar-refractivity contribution < 1.29 is 17.9 Å². The summed E-state index contributed by atoms with van der Waals surface area (Å²) in [5.41, 5.74) is 0.626. The number of guanidine groups is 1. The molecule has 0 aliphatic carbocycles. The summed E-state index contributed by atoms with van der Waals surface area (Å²) >= 11 is 0. The van der Waals surface area contributed by atoms with Crippen molar-refractivity contribution in [2.75, 3.05) is 26.7 Å². The van der Waals surface area contributed by atoms with Crippen molar-refractivity contribution in [1.82, 2.24) is 10.6 Å². The summed E-state index contributed by atoms with van der Waals surface area (Å²) in [4.78, 5) is 4.04. The Bertz CT molecular complexity index is 722. The van der Waals surface area contributed by atoms with Gasteiger partial charge in [-0.3, -0.25) is 4.99 Å². The second-order valence-electron chi connectivity index (χ2n) is 5.19. The quantitative estimate of drug-likeness (QED) is 0.458. The number of halogens is 3. The summed E-state index contributed by atoms with van der Waals surface area (Å²) in [6.07, 6.45) is 0.519. The topological polar surface area (TPSA) is 45.7 Å². The highest BCUT2D eigenvalue weighted by atomic mass is 19.1. The van der Waals surface area contributed by atoms with E-state index < -0.39 is 11.6 Å². The van der Waals surface area contributed by atoms with E-state index >= 15 is 0 Å². The molecule has 0 atom stereocenters. The zero-order valence-corrected chi connectivity index (χ0v) is 13.9. The molecule has 0 aromatic heterocycles. The second-order valence-corrected chi connectivity index (χ2v) is 5.19. The van der Waals surface area contributed by atoms with Gasteiger partial charge < -0.3 is 15.4 Å². The number of benzene rings is 2. The standard InChI is InChI=1S/C18H20F3N3O/c1-22-18(23-9-8-13-4-2-3-5-15(13)20)24-10-11-25-17-7-6-14(19)12-16(17)21/h2-7,12H,8-11H2,1H3,(H2,22,23,24). The van der Waals surface area contributed by atoms with Crippen LogP contribution >= 0.6 is 0 Å². The number of rotatable bonds is 7. The molecule has 0 heterocycles. The zero-order chi connectivity index (χ0) is 18.1. The summed E-state index contributed by atoms with van der Waals surface area (Å²) in [5, 5.41) is 6.05. The minimum atomic E-state index is -0.743. The van der Waals surface area contributed by atoms with Gasteiger partial charge in [0, 0.05) is 19.7 Å². The Kier molecular flexibility index (Phi) is 7.13. The van der Waals surface area contributed by atoms with Crippen LogP contribution in [0, 0.1) is 17.5 Å². The summed E-state index contributed by atoms with van der Waals surface area (Å²) in [7, 11) is 1.61. The molecule has 25 heavy (non-hydrogen) atoms. The molecule has 0 bridgehead atoms. The Morgan fingerprint density at radius 2 is 1.76 bits per heavy atom. The monoisotopic (exact) mass is 351 g/mol. The van der Waals surface area contributed by atoms with E-state index in [-0.39, 0.29) is 18.2 Å². The maximum absolute atomic E-state index is 13.5. The highest BCUT2D eigenvalue weighted by Crippen LogP contribution is 2.17. The lowest BCUT2D eigenvalue weighted by molar-refractivity contribution is 0.304. The molecular formula is C18H20F3N3O. The molecule has 2 aromatic carbocycles. The van der Waals surface area contributed by atoms with Crippen molar-refractivity contribution in [1.29, 1.82) is 0 Å². The zero-order valence-electron chi connectivity index (χ0n) is 13.9. The molecule has 4 nitrogen and oxygen atoms in total. The number of ether oxygens (including phenoxy) is 1. The summed E-state index contributed by atoms with van der Waals surface area (Å²) < 4.78 is 45.0. The Balaban J connectivity index is 1.69. The fourth-order valence-corrected chi connectivity index (χ4v) is 2.16. The van der Waals surface area contributed by atoms with Crippen molar-refractivity contribution in [3.05, 3.63) is 65.5 Å². The molecule has 2 N–H and O–H groups in total. The molecule has 0 aliphatic heterocycles.